The molecule has 0 bridgehead atoms. The quantitative estimate of drug-likeness (QED) is 0.731. The van der Waals surface area contributed by atoms with Gasteiger partial charge in [0.2, 0.25) is 5.78 Å². The summed E-state index contributed by atoms with van der Waals surface area (Å²) in [4.78, 5) is 16.5. The summed E-state index contributed by atoms with van der Waals surface area (Å²) in [5, 5.41) is 5.85. The number of carbonyl (C=O) groups excluding carboxylic acids is 1. The Morgan fingerprint density at radius 1 is 1.27 bits per heavy atom. The van der Waals surface area contributed by atoms with Crippen LogP contribution in [0.2, 0.25) is 0 Å². The Morgan fingerprint density at radius 2 is 2.08 bits per heavy atom. The second-order valence-corrected chi connectivity index (χ2v) is 6.64. The van der Waals surface area contributed by atoms with Crippen LogP contribution in [0.1, 0.15) is 15.9 Å². The fourth-order valence-electron chi connectivity index (χ4n) is 2.75. The van der Waals surface area contributed by atoms with Crippen molar-refractivity contribution in [3.8, 4) is 22.8 Å². The average Bonchev–Trinajstić information content (AvgIpc) is 3.27. The van der Waals surface area contributed by atoms with Crippen LogP contribution in [0.15, 0.2) is 41.8 Å². The number of nitrogens with one attached hydrogen (secondary N) is 1. The SMILES string of the molecule is COc1cc2c(cc1-c1csc(NCc3ccc(F)cc3)n1)C(=O)CO2. The fourth-order valence-corrected chi connectivity index (χ4v) is 3.46. The number of fused-ring (bicyclic) bond motifs is 1. The van der Waals surface area contributed by atoms with Gasteiger partial charge in [0.15, 0.2) is 11.7 Å². The highest BCUT2D eigenvalue weighted by molar-refractivity contribution is 7.14. The molecule has 3 aromatic rings. The van der Waals surface area contributed by atoms with Crippen LogP contribution in [0, 0.1) is 5.82 Å². The first-order chi connectivity index (χ1) is 12.6. The molecule has 1 N–H and O–H groups in total. The van der Waals surface area contributed by atoms with Crippen molar-refractivity contribution in [1.82, 2.24) is 4.98 Å². The van der Waals surface area contributed by atoms with Gasteiger partial charge >= 0.3 is 0 Å². The summed E-state index contributed by atoms with van der Waals surface area (Å²) in [6.07, 6.45) is 0. The van der Waals surface area contributed by atoms with Gasteiger partial charge in [0.05, 0.1) is 18.4 Å². The predicted molar refractivity (Wildman–Crippen MR) is 97.7 cm³/mol. The molecule has 0 aliphatic carbocycles. The molecule has 0 fully saturated rings. The molecule has 5 nitrogen and oxygen atoms in total. The molecule has 0 amide bonds. The molecule has 0 saturated carbocycles. The number of benzene rings is 2. The van der Waals surface area contributed by atoms with Crippen molar-refractivity contribution < 1.29 is 18.7 Å². The summed E-state index contributed by atoms with van der Waals surface area (Å²) in [7, 11) is 1.57. The number of Topliss-reactive ketones (excluding diaryl/α,β-unsaturated/α-hetero) is 1. The number of anilines is 1. The Balaban J connectivity index is 1.57. The molecule has 4 rings (SSSR count). The van der Waals surface area contributed by atoms with Crippen molar-refractivity contribution >= 4 is 22.3 Å². The van der Waals surface area contributed by atoms with Crippen LogP contribution in [-0.2, 0) is 6.54 Å². The number of hydrogen-bond donors (Lipinski definition) is 1. The second-order valence-electron chi connectivity index (χ2n) is 5.78. The molecule has 2 aromatic carbocycles. The van der Waals surface area contributed by atoms with Gasteiger partial charge in [-0.25, -0.2) is 9.37 Å². The molecule has 26 heavy (non-hydrogen) atoms. The lowest BCUT2D eigenvalue weighted by Gasteiger charge is -2.08. The second kappa shape index (κ2) is 6.76. The number of rotatable bonds is 5. The molecule has 2 heterocycles. The molecule has 0 unspecified atom stereocenters. The molecular weight excluding hydrogens is 355 g/mol. The van der Waals surface area contributed by atoms with Gasteiger partial charge in [-0.1, -0.05) is 12.1 Å². The maximum absolute atomic E-state index is 13.0. The highest BCUT2D eigenvalue weighted by atomic mass is 32.1. The maximum Gasteiger partial charge on any atom is 0.203 e. The van der Waals surface area contributed by atoms with Gasteiger partial charge in [-0.05, 0) is 23.8 Å². The Morgan fingerprint density at radius 3 is 2.85 bits per heavy atom. The lowest BCUT2D eigenvalue weighted by molar-refractivity contribution is 0.0961. The molecular formula is C19H15FN2O3S. The van der Waals surface area contributed by atoms with Crippen LogP contribution in [0.4, 0.5) is 9.52 Å². The molecule has 132 valence electrons. The first-order valence-corrected chi connectivity index (χ1v) is 8.84. The van der Waals surface area contributed by atoms with E-state index in [9.17, 15) is 9.18 Å². The summed E-state index contributed by atoms with van der Waals surface area (Å²) in [6.45, 7) is 0.602. The van der Waals surface area contributed by atoms with E-state index >= 15 is 0 Å². The summed E-state index contributed by atoms with van der Waals surface area (Å²) in [5.74, 6) is 0.843. The minimum atomic E-state index is -0.257. The normalized spacial score (nSPS) is 12.6. The van der Waals surface area contributed by atoms with Gasteiger partial charge in [-0.2, -0.15) is 0 Å². The number of thiazole rings is 1. The number of carbonyl (C=O) groups is 1. The molecule has 1 aliphatic rings. The van der Waals surface area contributed by atoms with E-state index in [1.54, 1.807) is 31.4 Å². The third kappa shape index (κ3) is 3.13. The highest BCUT2D eigenvalue weighted by Gasteiger charge is 2.25. The maximum atomic E-state index is 13.0. The van der Waals surface area contributed by atoms with Crippen molar-refractivity contribution in [3.05, 3.63) is 58.7 Å². The Labute approximate surface area is 153 Å². The van der Waals surface area contributed by atoms with Gasteiger partial charge in [-0.3, -0.25) is 4.79 Å². The summed E-state index contributed by atoms with van der Waals surface area (Å²) in [5.41, 5.74) is 2.97. The summed E-state index contributed by atoms with van der Waals surface area (Å²) in [6, 6.07) is 9.80. The van der Waals surface area contributed by atoms with Crippen LogP contribution >= 0.6 is 11.3 Å². The van der Waals surface area contributed by atoms with E-state index in [1.165, 1.54) is 23.5 Å². The number of aromatic nitrogens is 1. The van der Waals surface area contributed by atoms with Gasteiger partial charge in [0, 0.05) is 23.6 Å². The van der Waals surface area contributed by atoms with Crippen molar-refractivity contribution in [2.24, 2.45) is 0 Å². The van der Waals surface area contributed by atoms with Crippen molar-refractivity contribution in [2.75, 3.05) is 19.0 Å². The Bertz CT molecular complexity index is 969. The van der Waals surface area contributed by atoms with Gasteiger partial charge in [-0.15, -0.1) is 11.3 Å². The van der Waals surface area contributed by atoms with E-state index in [1.807, 2.05) is 5.38 Å². The molecule has 0 radical (unpaired) electrons. The van der Waals surface area contributed by atoms with Gasteiger partial charge in [0.25, 0.3) is 0 Å². The molecule has 0 saturated heterocycles. The lowest BCUT2D eigenvalue weighted by Crippen LogP contribution is -1.99. The highest BCUT2D eigenvalue weighted by Crippen LogP contribution is 2.39. The first-order valence-electron chi connectivity index (χ1n) is 7.96. The van der Waals surface area contributed by atoms with E-state index < -0.39 is 0 Å². The third-order valence-electron chi connectivity index (χ3n) is 4.10. The Hall–Kier alpha value is -2.93. The standard InChI is InChI=1S/C19H15FN2O3S/c1-24-17-7-18-14(16(23)9-25-18)6-13(17)15-10-26-19(22-15)21-8-11-2-4-12(20)5-3-11/h2-7,10H,8-9H2,1H3,(H,21,22). The lowest BCUT2D eigenvalue weighted by atomic mass is 10.0. The summed E-state index contributed by atoms with van der Waals surface area (Å²) >= 11 is 1.45. The minimum absolute atomic E-state index is 0.0474. The number of nitrogens with zero attached hydrogens (tertiary/aromatic N) is 1. The van der Waals surface area contributed by atoms with E-state index in [-0.39, 0.29) is 18.2 Å². The fraction of sp³-hybridized carbons (Fsp3) is 0.158. The predicted octanol–water partition coefficient (Wildman–Crippen LogP) is 4.15. The summed E-state index contributed by atoms with van der Waals surface area (Å²) < 4.78 is 23.7. The van der Waals surface area contributed by atoms with Crippen molar-refractivity contribution in [3.63, 3.8) is 0 Å². The van der Waals surface area contributed by atoms with Crippen LogP contribution in [0.3, 0.4) is 0 Å². The number of ether oxygens (including phenoxy) is 2. The zero-order valence-electron chi connectivity index (χ0n) is 13.9. The van der Waals surface area contributed by atoms with Crippen LogP contribution in [0.5, 0.6) is 11.5 Å². The number of hydrogen-bond acceptors (Lipinski definition) is 6. The first kappa shape index (κ1) is 16.5. The Kier molecular flexibility index (Phi) is 4.30. The number of methoxy groups -OCH3 is 1. The van der Waals surface area contributed by atoms with E-state index in [2.05, 4.69) is 10.3 Å². The zero-order chi connectivity index (χ0) is 18.1. The topological polar surface area (TPSA) is 60.5 Å². The minimum Gasteiger partial charge on any atom is -0.496 e. The molecule has 7 heteroatoms. The van der Waals surface area contributed by atoms with Gasteiger partial charge in [0.1, 0.15) is 17.3 Å². The zero-order valence-corrected chi connectivity index (χ0v) is 14.7. The smallest absolute Gasteiger partial charge is 0.203 e. The third-order valence-corrected chi connectivity index (χ3v) is 4.90. The average molecular weight is 370 g/mol. The largest absolute Gasteiger partial charge is 0.496 e. The van der Waals surface area contributed by atoms with E-state index in [4.69, 9.17) is 9.47 Å². The number of halogens is 1. The van der Waals surface area contributed by atoms with E-state index in [0.717, 1.165) is 22.0 Å². The van der Waals surface area contributed by atoms with Crippen LogP contribution < -0.4 is 14.8 Å². The molecule has 0 atom stereocenters. The van der Waals surface area contributed by atoms with Crippen LogP contribution in [0.25, 0.3) is 11.3 Å². The van der Waals surface area contributed by atoms with Crippen molar-refractivity contribution in [1.29, 1.82) is 0 Å². The van der Waals surface area contributed by atoms with Gasteiger partial charge < -0.3 is 14.8 Å². The number of ketones is 1. The molecule has 1 aliphatic heterocycles. The monoisotopic (exact) mass is 370 g/mol. The van der Waals surface area contributed by atoms with Crippen LogP contribution in [-0.4, -0.2) is 24.5 Å². The molecule has 0 spiro atoms. The van der Waals surface area contributed by atoms with E-state index in [0.29, 0.717) is 23.6 Å². The molecule has 1 aromatic heterocycles. The van der Waals surface area contributed by atoms with Crippen molar-refractivity contribution in [2.45, 2.75) is 6.54 Å².